The number of nitrogen functional groups attached to an aromatic ring is 1. The summed E-state index contributed by atoms with van der Waals surface area (Å²) < 4.78 is 8.52. The fourth-order valence-electron chi connectivity index (χ4n) is 4.20. The predicted octanol–water partition coefficient (Wildman–Crippen LogP) is 3.07. The molecule has 1 saturated heterocycles. The molecule has 8 nitrogen and oxygen atoms in total. The maximum Gasteiger partial charge on any atom is 0.288 e. The summed E-state index contributed by atoms with van der Waals surface area (Å²) in [6, 6.07) is 6.18. The fourth-order valence-corrected chi connectivity index (χ4v) is 5.35. The Morgan fingerprint density at radius 2 is 2.16 bits per heavy atom. The van der Waals surface area contributed by atoms with Crippen molar-refractivity contribution in [2.24, 2.45) is 0 Å². The number of fused-ring (bicyclic) bond motifs is 2. The van der Waals surface area contributed by atoms with Gasteiger partial charge in [0.1, 0.15) is 11.3 Å². The van der Waals surface area contributed by atoms with Crippen molar-refractivity contribution in [2.75, 3.05) is 25.9 Å². The lowest BCUT2D eigenvalue weighted by Crippen LogP contribution is -2.50. The highest BCUT2D eigenvalue weighted by Crippen LogP contribution is 2.43. The smallest absolute Gasteiger partial charge is 0.288 e. The van der Waals surface area contributed by atoms with Crippen molar-refractivity contribution < 1.29 is 9.53 Å². The molecule has 1 aliphatic heterocycles. The maximum atomic E-state index is 12.7. The lowest BCUT2D eigenvalue weighted by molar-refractivity contribution is -0.131. The zero-order valence-electron chi connectivity index (χ0n) is 17.1. The molecule has 0 radical (unpaired) electrons. The molecule has 3 aromatic heterocycles. The molecule has 158 valence electrons. The van der Waals surface area contributed by atoms with Crippen LogP contribution >= 0.6 is 11.3 Å². The number of hydrogen-bond acceptors (Lipinski definition) is 6. The molecule has 0 bridgehead atoms. The molecule has 3 N–H and O–H groups in total. The maximum absolute atomic E-state index is 12.7. The number of nitrogens with zero attached hydrogens (tertiary/aromatic N) is 3. The van der Waals surface area contributed by atoms with Crippen LogP contribution < -0.4 is 16.0 Å². The van der Waals surface area contributed by atoms with Gasteiger partial charge >= 0.3 is 0 Å². The van der Waals surface area contributed by atoms with E-state index in [-0.39, 0.29) is 23.3 Å². The largest absolute Gasteiger partial charge is 0.495 e. The van der Waals surface area contributed by atoms with Gasteiger partial charge < -0.3 is 19.9 Å². The predicted molar refractivity (Wildman–Crippen MR) is 123 cm³/mol. The number of nitrogens with two attached hydrogens (primary N) is 1. The number of aryl methyl sites for hydroxylation is 1. The highest BCUT2D eigenvalue weighted by molar-refractivity contribution is 7.22. The first kappa shape index (κ1) is 19.4. The van der Waals surface area contributed by atoms with Crippen molar-refractivity contribution in [3.05, 3.63) is 53.0 Å². The topological polar surface area (TPSA) is 106 Å². The van der Waals surface area contributed by atoms with Crippen molar-refractivity contribution in [1.29, 1.82) is 0 Å². The summed E-state index contributed by atoms with van der Waals surface area (Å²) in [6.45, 7) is 6.58. The van der Waals surface area contributed by atoms with Gasteiger partial charge in [0.15, 0.2) is 5.82 Å². The molecule has 1 fully saturated rings. The first-order valence-electron chi connectivity index (χ1n) is 9.79. The van der Waals surface area contributed by atoms with E-state index in [4.69, 9.17) is 10.5 Å². The summed E-state index contributed by atoms with van der Waals surface area (Å²) in [5.41, 5.74) is 8.33. The molecule has 0 saturated carbocycles. The van der Waals surface area contributed by atoms with Gasteiger partial charge in [-0.1, -0.05) is 12.6 Å². The molecule has 0 aliphatic carbocycles. The average molecular weight is 436 g/mol. The second-order valence-electron chi connectivity index (χ2n) is 7.71. The fraction of sp³-hybridized carbons (Fsp3) is 0.227. The average Bonchev–Trinajstić information content (AvgIpc) is 3.31. The van der Waals surface area contributed by atoms with Gasteiger partial charge in [-0.25, -0.2) is 5.10 Å². The summed E-state index contributed by atoms with van der Waals surface area (Å²) >= 11 is 1.59. The standard InChI is InChI=1S/C22H21N5O3S/c1-4-17(28)26-8-13(9-26)27-10-14(18-19(27)22(29)25-24-21(18)23)16-7-12-5-11(2)6-15(30-3)20(12)31-16/h4-7,10,13H,1,8-9H2,2-3H3,(H2,23,24)(H,25,29). The highest BCUT2D eigenvalue weighted by atomic mass is 32.1. The van der Waals surface area contributed by atoms with Crippen molar-refractivity contribution in [3.63, 3.8) is 0 Å². The second kappa shape index (κ2) is 6.98. The Balaban J connectivity index is 1.69. The van der Waals surface area contributed by atoms with Gasteiger partial charge in [0, 0.05) is 29.7 Å². The molecule has 1 amide bonds. The zero-order chi connectivity index (χ0) is 21.9. The van der Waals surface area contributed by atoms with Gasteiger partial charge in [0.2, 0.25) is 5.91 Å². The highest BCUT2D eigenvalue weighted by Gasteiger charge is 2.33. The van der Waals surface area contributed by atoms with Crippen molar-refractivity contribution in [2.45, 2.75) is 13.0 Å². The second-order valence-corrected chi connectivity index (χ2v) is 8.76. The van der Waals surface area contributed by atoms with Gasteiger partial charge in [-0.2, -0.15) is 5.10 Å². The molecule has 5 rings (SSSR count). The Kier molecular flexibility index (Phi) is 4.37. The molecule has 0 spiro atoms. The first-order valence-corrected chi connectivity index (χ1v) is 10.6. The molecule has 1 aliphatic rings. The lowest BCUT2D eigenvalue weighted by atomic mass is 10.1. The van der Waals surface area contributed by atoms with Crippen LogP contribution in [0.3, 0.4) is 0 Å². The molecule has 0 atom stereocenters. The number of anilines is 1. The number of rotatable bonds is 4. The van der Waals surface area contributed by atoms with Gasteiger partial charge in [-0.3, -0.25) is 9.59 Å². The molecular weight excluding hydrogens is 414 g/mol. The third-order valence-electron chi connectivity index (χ3n) is 5.74. The Morgan fingerprint density at radius 1 is 1.39 bits per heavy atom. The van der Waals surface area contributed by atoms with Crippen molar-refractivity contribution in [3.8, 4) is 16.2 Å². The number of methoxy groups -OCH3 is 1. The molecule has 0 unspecified atom stereocenters. The molecule has 4 heterocycles. The summed E-state index contributed by atoms with van der Waals surface area (Å²) in [5, 5.41) is 8.17. The SMILES string of the molecule is C=CC(=O)N1CC(n2cc(-c3cc4cc(C)cc(OC)c4s3)c3c(N)n[nH]c(=O)c32)C1. The number of benzene rings is 1. The van der Waals surface area contributed by atoms with Crippen LogP contribution in [-0.4, -0.2) is 45.8 Å². The van der Waals surface area contributed by atoms with Crippen molar-refractivity contribution >= 4 is 44.1 Å². The molecule has 31 heavy (non-hydrogen) atoms. The van der Waals surface area contributed by atoms with Gasteiger partial charge in [-0.05, 0) is 36.1 Å². The van der Waals surface area contributed by atoms with E-state index < -0.39 is 0 Å². The first-order chi connectivity index (χ1) is 14.9. The quantitative estimate of drug-likeness (QED) is 0.479. The summed E-state index contributed by atoms with van der Waals surface area (Å²) in [5.74, 6) is 0.966. The number of carbonyl (C=O) groups excluding carboxylic acids is 1. The van der Waals surface area contributed by atoms with Crippen molar-refractivity contribution in [1.82, 2.24) is 19.7 Å². The van der Waals surface area contributed by atoms with Crippen LogP contribution in [0.5, 0.6) is 5.75 Å². The van der Waals surface area contributed by atoms with Crippen LogP contribution in [0.1, 0.15) is 11.6 Å². The summed E-state index contributed by atoms with van der Waals surface area (Å²) in [4.78, 5) is 27.2. The van der Waals surface area contributed by atoms with E-state index >= 15 is 0 Å². The van der Waals surface area contributed by atoms with Crippen LogP contribution in [-0.2, 0) is 4.79 Å². The zero-order valence-corrected chi connectivity index (χ0v) is 18.0. The van der Waals surface area contributed by atoms with E-state index in [2.05, 4.69) is 28.9 Å². The third kappa shape index (κ3) is 2.92. The minimum Gasteiger partial charge on any atom is -0.495 e. The number of aromatic amines is 1. The molecule has 4 aromatic rings. The normalized spacial score (nSPS) is 14.2. The van der Waals surface area contributed by atoms with Crippen LogP contribution in [0.2, 0.25) is 0 Å². The number of thiophene rings is 1. The van der Waals surface area contributed by atoms with Gasteiger partial charge in [-0.15, -0.1) is 11.3 Å². The number of hydrogen-bond donors (Lipinski definition) is 2. The Morgan fingerprint density at radius 3 is 2.87 bits per heavy atom. The number of ether oxygens (including phenoxy) is 1. The molecule has 9 heteroatoms. The van der Waals surface area contributed by atoms with Gasteiger partial charge in [0.05, 0.1) is 23.2 Å². The van der Waals surface area contributed by atoms with Crippen LogP contribution in [0, 0.1) is 6.92 Å². The minimum atomic E-state index is -0.307. The monoisotopic (exact) mass is 435 g/mol. The lowest BCUT2D eigenvalue weighted by Gasteiger charge is -2.39. The van der Waals surface area contributed by atoms with Gasteiger partial charge in [0.25, 0.3) is 5.56 Å². The summed E-state index contributed by atoms with van der Waals surface area (Å²) in [7, 11) is 1.66. The number of aromatic nitrogens is 3. The van der Waals surface area contributed by atoms with Crippen LogP contribution in [0.25, 0.3) is 31.4 Å². The summed E-state index contributed by atoms with van der Waals surface area (Å²) in [6.07, 6.45) is 3.25. The molecular formula is C22H21N5O3S. The number of amides is 1. The Labute approximate surface area is 181 Å². The number of likely N-dealkylation sites (tertiary alicyclic amines) is 1. The van der Waals surface area contributed by atoms with E-state index in [1.165, 1.54) is 6.08 Å². The Bertz CT molecular complexity index is 1420. The number of H-pyrrole nitrogens is 1. The number of nitrogens with one attached hydrogen (secondary N) is 1. The van der Waals surface area contributed by atoms with E-state index in [1.54, 1.807) is 23.3 Å². The van der Waals surface area contributed by atoms with Crippen LogP contribution in [0.4, 0.5) is 5.82 Å². The van der Waals surface area contributed by atoms with Crippen LogP contribution in [0.15, 0.2) is 41.8 Å². The number of carbonyl (C=O) groups is 1. The molecule has 1 aromatic carbocycles. The van der Waals surface area contributed by atoms with E-state index in [0.717, 1.165) is 31.8 Å². The van der Waals surface area contributed by atoms with E-state index in [9.17, 15) is 9.59 Å². The minimum absolute atomic E-state index is 0.0193. The van der Waals surface area contributed by atoms with E-state index in [0.29, 0.717) is 24.0 Å². The Hall–Kier alpha value is -3.59. The third-order valence-corrected chi connectivity index (χ3v) is 6.93. The van der Waals surface area contributed by atoms with E-state index in [1.807, 2.05) is 23.8 Å².